The molecule has 2 saturated carbocycles. The molecule has 30 heavy (non-hydrogen) atoms. The smallest absolute Gasteiger partial charge is 0.243 e. The van der Waals surface area contributed by atoms with Gasteiger partial charge in [0, 0.05) is 44.2 Å². The van der Waals surface area contributed by atoms with E-state index in [4.69, 9.17) is 5.73 Å². The summed E-state index contributed by atoms with van der Waals surface area (Å²) in [5.41, 5.74) is 7.04. The van der Waals surface area contributed by atoms with E-state index in [1.807, 2.05) is 12.1 Å². The molecular formula is C23H33FN4O2. The van der Waals surface area contributed by atoms with Crippen molar-refractivity contribution in [1.29, 1.82) is 0 Å². The lowest BCUT2D eigenvalue weighted by atomic mass is 9.91. The number of nitrogens with zero attached hydrogens (tertiary/aromatic N) is 2. The largest absolute Gasteiger partial charge is 0.352 e. The zero-order valence-electron chi connectivity index (χ0n) is 17.7. The second-order valence-electron chi connectivity index (χ2n) is 9.23. The van der Waals surface area contributed by atoms with Gasteiger partial charge < -0.3 is 16.0 Å². The molecule has 7 heteroatoms. The molecule has 2 unspecified atom stereocenters. The Morgan fingerprint density at radius 2 is 1.77 bits per heavy atom. The Morgan fingerprint density at radius 3 is 2.37 bits per heavy atom. The van der Waals surface area contributed by atoms with Crippen molar-refractivity contribution in [3.63, 3.8) is 0 Å². The van der Waals surface area contributed by atoms with Crippen LogP contribution in [0.2, 0.25) is 0 Å². The molecule has 2 atom stereocenters. The van der Waals surface area contributed by atoms with Gasteiger partial charge in [0.25, 0.3) is 0 Å². The molecule has 1 aromatic rings. The van der Waals surface area contributed by atoms with Crippen molar-refractivity contribution in [3.05, 3.63) is 35.6 Å². The number of nitrogens with two attached hydrogens (primary N) is 1. The number of nitrogens with one attached hydrogen (secondary N) is 1. The van der Waals surface area contributed by atoms with Crippen molar-refractivity contribution in [2.45, 2.75) is 88.6 Å². The summed E-state index contributed by atoms with van der Waals surface area (Å²) in [6.07, 6.45) is 6.59. The average Bonchev–Trinajstić information content (AvgIpc) is 3.46. The van der Waals surface area contributed by atoms with Crippen LogP contribution in [0.4, 0.5) is 4.39 Å². The van der Waals surface area contributed by atoms with E-state index in [9.17, 15) is 14.0 Å². The topological polar surface area (TPSA) is 78.7 Å². The molecule has 1 saturated heterocycles. The lowest BCUT2D eigenvalue weighted by molar-refractivity contribution is -0.137. The van der Waals surface area contributed by atoms with Gasteiger partial charge in [0.15, 0.2) is 0 Å². The van der Waals surface area contributed by atoms with E-state index in [-0.39, 0.29) is 35.8 Å². The van der Waals surface area contributed by atoms with Crippen molar-refractivity contribution in [2.24, 2.45) is 5.73 Å². The number of hydrogen-bond acceptors (Lipinski definition) is 4. The molecule has 1 heterocycles. The van der Waals surface area contributed by atoms with Gasteiger partial charge in [-0.25, -0.2) is 4.39 Å². The number of carbonyl (C=O) groups excluding carboxylic acids is 2. The average molecular weight is 417 g/mol. The highest BCUT2D eigenvalue weighted by atomic mass is 19.1. The Labute approximate surface area is 178 Å². The molecule has 4 rings (SSSR count). The molecule has 6 nitrogen and oxygen atoms in total. The Hall–Kier alpha value is -1.99. The van der Waals surface area contributed by atoms with Gasteiger partial charge in [-0.15, -0.1) is 0 Å². The van der Waals surface area contributed by atoms with Crippen LogP contribution in [0, 0.1) is 5.82 Å². The van der Waals surface area contributed by atoms with Gasteiger partial charge >= 0.3 is 0 Å². The van der Waals surface area contributed by atoms with Crippen molar-refractivity contribution in [3.8, 4) is 0 Å². The number of carbonyl (C=O) groups is 2. The molecule has 0 aromatic heterocycles. The zero-order valence-corrected chi connectivity index (χ0v) is 17.7. The van der Waals surface area contributed by atoms with E-state index >= 15 is 0 Å². The van der Waals surface area contributed by atoms with Crippen LogP contribution in [0.1, 0.15) is 57.4 Å². The fourth-order valence-corrected chi connectivity index (χ4v) is 4.97. The third kappa shape index (κ3) is 5.01. The number of halogens is 1. The van der Waals surface area contributed by atoms with Gasteiger partial charge in [-0.1, -0.05) is 12.1 Å². The van der Waals surface area contributed by atoms with Crippen LogP contribution in [0.25, 0.3) is 0 Å². The summed E-state index contributed by atoms with van der Waals surface area (Å²) in [4.78, 5) is 29.5. The van der Waals surface area contributed by atoms with Crippen molar-refractivity contribution < 1.29 is 14.0 Å². The standard InChI is InChI=1S/C23H33FN4O2/c1-15(29)27-14-21(12-22(27)23(30)26-19-8-6-18(25)7-9-19)28(20-10-11-20)13-16-2-4-17(24)5-3-16/h2-5,18-22H,6-14,25H2,1H3,(H,26,30). The molecule has 164 valence electrons. The predicted octanol–water partition coefficient (Wildman–Crippen LogP) is 2.17. The van der Waals surface area contributed by atoms with E-state index in [1.165, 1.54) is 12.1 Å². The van der Waals surface area contributed by atoms with Gasteiger partial charge in [-0.05, 0) is 62.6 Å². The van der Waals surface area contributed by atoms with Gasteiger partial charge in [0.05, 0.1) is 0 Å². The Bertz CT molecular complexity index is 759. The maximum Gasteiger partial charge on any atom is 0.243 e. The fraction of sp³-hybridized carbons (Fsp3) is 0.652. The first kappa shape index (κ1) is 21.2. The second kappa shape index (κ2) is 9.02. The number of hydrogen-bond donors (Lipinski definition) is 2. The first-order valence-electron chi connectivity index (χ1n) is 11.2. The molecule has 3 aliphatic rings. The van der Waals surface area contributed by atoms with Crippen LogP contribution in [-0.2, 0) is 16.1 Å². The normalized spacial score (nSPS) is 29.3. The Balaban J connectivity index is 1.43. The Kier molecular flexibility index (Phi) is 6.39. The highest BCUT2D eigenvalue weighted by Crippen LogP contribution is 2.35. The third-order valence-corrected chi connectivity index (χ3v) is 6.87. The van der Waals surface area contributed by atoms with Gasteiger partial charge in [0.2, 0.25) is 11.8 Å². The first-order chi connectivity index (χ1) is 14.4. The van der Waals surface area contributed by atoms with Crippen LogP contribution in [0.5, 0.6) is 0 Å². The predicted molar refractivity (Wildman–Crippen MR) is 113 cm³/mol. The lowest BCUT2D eigenvalue weighted by Gasteiger charge is -2.29. The van der Waals surface area contributed by atoms with Gasteiger partial charge in [-0.3, -0.25) is 14.5 Å². The van der Waals surface area contributed by atoms with Crippen molar-refractivity contribution in [2.75, 3.05) is 6.54 Å². The summed E-state index contributed by atoms with van der Waals surface area (Å²) < 4.78 is 13.3. The van der Waals surface area contributed by atoms with Gasteiger partial charge in [-0.2, -0.15) is 0 Å². The number of likely N-dealkylation sites (tertiary alicyclic amines) is 1. The lowest BCUT2D eigenvalue weighted by Crippen LogP contribution is -2.49. The minimum atomic E-state index is -0.419. The quantitative estimate of drug-likeness (QED) is 0.745. The van der Waals surface area contributed by atoms with Crippen molar-refractivity contribution in [1.82, 2.24) is 15.1 Å². The number of amides is 2. The highest BCUT2D eigenvalue weighted by Gasteiger charge is 2.44. The summed E-state index contributed by atoms with van der Waals surface area (Å²) in [6.45, 7) is 2.83. The highest BCUT2D eigenvalue weighted by molar-refractivity contribution is 5.87. The first-order valence-corrected chi connectivity index (χ1v) is 11.2. The molecule has 3 fully saturated rings. The van der Waals surface area contributed by atoms with Crippen LogP contribution in [0.3, 0.4) is 0 Å². The summed E-state index contributed by atoms with van der Waals surface area (Å²) in [7, 11) is 0. The maximum atomic E-state index is 13.3. The molecule has 0 bridgehead atoms. The number of benzene rings is 1. The summed E-state index contributed by atoms with van der Waals surface area (Å²) in [6, 6.07) is 7.22. The third-order valence-electron chi connectivity index (χ3n) is 6.87. The van der Waals surface area contributed by atoms with E-state index < -0.39 is 6.04 Å². The summed E-state index contributed by atoms with van der Waals surface area (Å²) >= 11 is 0. The zero-order chi connectivity index (χ0) is 21.3. The second-order valence-corrected chi connectivity index (χ2v) is 9.23. The molecule has 0 radical (unpaired) electrons. The van der Waals surface area contributed by atoms with E-state index in [0.29, 0.717) is 19.0 Å². The minimum Gasteiger partial charge on any atom is -0.352 e. The summed E-state index contributed by atoms with van der Waals surface area (Å²) in [5.74, 6) is -0.327. The molecule has 2 aliphatic carbocycles. The molecule has 0 spiro atoms. The van der Waals surface area contributed by atoms with Crippen LogP contribution < -0.4 is 11.1 Å². The van der Waals surface area contributed by atoms with E-state index in [0.717, 1.165) is 50.6 Å². The van der Waals surface area contributed by atoms with Crippen LogP contribution in [0.15, 0.2) is 24.3 Å². The maximum absolute atomic E-state index is 13.3. The van der Waals surface area contributed by atoms with E-state index in [2.05, 4.69) is 10.2 Å². The molecule has 2 amide bonds. The van der Waals surface area contributed by atoms with Gasteiger partial charge in [0.1, 0.15) is 11.9 Å². The fourth-order valence-electron chi connectivity index (χ4n) is 4.97. The molecule has 3 N–H and O–H groups in total. The van der Waals surface area contributed by atoms with Crippen molar-refractivity contribution >= 4 is 11.8 Å². The molecule has 1 aliphatic heterocycles. The summed E-state index contributed by atoms with van der Waals surface area (Å²) in [5, 5.41) is 3.18. The SMILES string of the molecule is CC(=O)N1CC(N(Cc2ccc(F)cc2)C2CC2)CC1C(=O)NC1CCC(N)CC1. The Morgan fingerprint density at radius 1 is 1.10 bits per heavy atom. The monoisotopic (exact) mass is 416 g/mol. The number of rotatable bonds is 6. The molecular weight excluding hydrogens is 383 g/mol. The van der Waals surface area contributed by atoms with Crippen LogP contribution >= 0.6 is 0 Å². The van der Waals surface area contributed by atoms with Crippen LogP contribution in [-0.4, -0.2) is 58.4 Å². The molecule has 1 aromatic carbocycles. The van der Waals surface area contributed by atoms with E-state index in [1.54, 1.807) is 11.8 Å². The minimum absolute atomic E-state index is 0.0364.